The van der Waals surface area contributed by atoms with E-state index in [-0.39, 0.29) is 5.97 Å². The summed E-state index contributed by atoms with van der Waals surface area (Å²) in [6.07, 6.45) is 3.77. The van der Waals surface area contributed by atoms with Crippen molar-refractivity contribution in [1.29, 1.82) is 0 Å². The number of thioether (sulfide) groups is 1. The lowest BCUT2D eigenvalue weighted by atomic mass is 10.3. The first-order chi connectivity index (χ1) is 10.7. The van der Waals surface area contributed by atoms with E-state index < -0.39 is 0 Å². The van der Waals surface area contributed by atoms with Crippen molar-refractivity contribution in [2.45, 2.75) is 10.6 Å². The normalized spacial score (nSPS) is 10.8. The van der Waals surface area contributed by atoms with Crippen LogP contribution in [0.4, 0.5) is 0 Å². The molecule has 4 nitrogen and oxygen atoms in total. The molecule has 3 rings (SSSR count). The van der Waals surface area contributed by atoms with Crippen molar-refractivity contribution in [3.05, 3.63) is 65.1 Å². The summed E-state index contributed by atoms with van der Waals surface area (Å²) < 4.78 is 6.61. The third-order valence-electron chi connectivity index (χ3n) is 3.15. The second-order valence-corrected chi connectivity index (χ2v) is 6.02. The molecule has 3 aromatic rings. The Labute approximate surface area is 137 Å². The van der Waals surface area contributed by atoms with Crippen LogP contribution in [-0.4, -0.2) is 22.5 Å². The highest BCUT2D eigenvalue weighted by Gasteiger charge is 2.13. The second kappa shape index (κ2) is 6.42. The van der Waals surface area contributed by atoms with Crippen molar-refractivity contribution in [2.24, 2.45) is 0 Å². The van der Waals surface area contributed by atoms with Crippen LogP contribution in [0.15, 0.2) is 53.7 Å². The Balaban J connectivity index is 1.86. The Hall–Kier alpha value is -1.98. The zero-order valence-corrected chi connectivity index (χ0v) is 13.4. The molecule has 0 unspecified atom stereocenters. The lowest BCUT2D eigenvalue weighted by molar-refractivity contribution is 0.0602. The van der Waals surface area contributed by atoms with Gasteiger partial charge in [0.25, 0.3) is 0 Å². The van der Waals surface area contributed by atoms with Crippen LogP contribution in [-0.2, 0) is 10.5 Å². The molecule has 0 aliphatic carbocycles. The summed E-state index contributed by atoms with van der Waals surface area (Å²) in [5, 5.41) is 0.728. The van der Waals surface area contributed by atoms with E-state index in [0.717, 1.165) is 15.6 Å². The maximum atomic E-state index is 11.8. The third kappa shape index (κ3) is 2.96. The lowest BCUT2D eigenvalue weighted by Crippen LogP contribution is -2.03. The molecule has 0 aliphatic heterocycles. The smallest absolute Gasteiger partial charge is 0.341 e. The van der Waals surface area contributed by atoms with Gasteiger partial charge >= 0.3 is 5.97 Å². The molecule has 2 aromatic heterocycles. The Morgan fingerprint density at radius 3 is 2.91 bits per heavy atom. The minimum atomic E-state index is -0.387. The molecule has 0 atom stereocenters. The number of imidazole rings is 1. The second-order valence-electron chi connectivity index (χ2n) is 4.60. The predicted molar refractivity (Wildman–Crippen MR) is 87.5 cm³/mol. The number of hydrogen-bond acceptors (Lipinski definition) is 4. The van der Waals surface area contributed by atoms with Crippen LogP contribution >= 0.6 is 23.4 Å². The van der Waals surface area contributed by atoms with Gasteiger partial charge in [-0.25, -0.2) is 9.78 Å². The molecule has 2 heterocycles. The summed E-state index contributed by atoms with van der Waals surface area (Å²) in [4.78, 5) is 17.3. The Morgan fingerprint density at radius 2 is 2.14 bits per heavy atom. The minimum Gasteiger partial charge on any atom is -0.465 e. The maximum Gasteiger partial charge on any atom is 0.341 e. The van der Waals surface area contributed by atoms with Gasteiger partial charge in [-0.15, -0.1) is 11.8 Å². The average molecular weight is 333 g/mol. The van der Waals surface area contributed by atoms with Gasteiger partial charge < -0.3 is 9.14 Å². The first kappa shape index (κ1) is 14.9. The number of ether oxygens (including phenoxy) is 1. The highest BCUT2D eigenvalue weighted by atomic mass is 35.5. The molecule has 0 aliphatic rings. The van der Waals surface area contributed by atoms with Crippen molar-refractivity contribution in [1.82, 2.24) is 9.38 Å². The summed E-state index contributed by atoms with van der Waals surface area (Å²) >= 11 is 7.76. The number of carbonyl (C=O) groups excluding carboxylic acids is 1. The molecule has 0 spiro atoms. The van der Waals surface area contributed by atoms with E-state index in [0.29, 0.717) is 17.0 Å². The zero-order chi connectivity index (χ0) is 15.5. The van der Waals surface area contributed by atoms with Gasteiger partial charge in [0.2, 0.25) is 0 Å². The van der Waals surface area contributed by atoms with E-state index in [9.17, 15) is 4.79 Å². The molecule has 22 heavy (non-hydrogen) atoms. The predicted octanol–water partition coefficient (Wildman–Crippen LogP) is 4.07. The number of benzene rings is 1. The average Bonchev–Trinajstić information content (AvgIpc) is 2.96. The summed E-state index contributed by atoms with van der Waals surface area (Å²) in [5.74, 6) is 0.285. The highest BCUT2D eigenvalue weighted by molar-refractivity contribution is 7.98. The summed E-state index contributed by atoms with van der Waals surface area (Å²) in [5.41, 5.74) is 1.93. The largest absolute Gasteiger partial charge is 0.465 e. The van der Waals surface area contributed by atoms with Gasteiger partial charge in [-0.3, -0.25) is 0 Å². The van der Waals surface area contributed by atoms with E-state index in [1.807, 2.05) is 41.1 Å². The van der Waals surface area contributed by atoms with Crippen molar-refractivity contribution in [2.75, 3.05) is 7.11 Å². The fraction of sp³-hybridized carbons (Fsp3) is 0.125. The molecule has 0 saturated carbocycles. The van der Waals surface area contributed by atoms with Crippen LogP contribution in [0.1, 0.15) is 16.1 Å². The van der Waals surface area contributed by atoms with E-state index in [1.54, 1.807) is 23.9 Å². The van der Waals surface area contributed by atoms with Crippen LogP contribution < -0.4 is 0 Å². The van der Waals surface area contributed by atoms with Crippen molar-refractivity contribution in [3.8, 4) is 0 Å². The Bertz CT molecular complexity index is 832. The van der Waals surface area contributed by atoms with Gasteiger partial charge in [-0.2, -0.15) is 0 Å². The highest BCUT2D eigenvalue weighted by Crippen LogP contribution is 2.29. The number of methoxy groups -OCH3 is 1. The number of pyridine rings is 1. The van der Waals surface area contributed by atoms with E-state index >= 15 is 0 Å². The van der Waals surface area contributed by atoms with Crippen LogP contribution in [0.3, 0.4) is 0 Å². The van der Waals surface area contributed by atoms with Crippen LogP contribution in [0, 0.1) is 0 Å². The monoisotopic (exact) mass is 332 g/mol. The van der Waals surface area contributed by atoms with Gasteiger partial charge in [0.1, 0.15) is 5.56 Å². The number of esters is 1. The van der Waals surface area contributed by atoms with Gasteiger partial charge in [-0.05, 0) is 24.3 Å². The molecule has 0 radical (unpaired) electrons. The van der Waals surface area contributed by atoms with E-state index in [1.165, 1.54) is 7.11 Å². The SMILES string of the molecule is COC(=O)c1cccn2cc(CSc3ccccc3Cl)nc12. The zero-order valence-electron chi connectivity index (χ0n) is 11.8. The summed E-state index contributed by atoms with van der Waals surface area (Å²) in [6.45, 7) is 0. The lowest BCUT2D eigenvalue weighted by Gasteiger charge is -2.01. The van der Waals surface area contributed by atoms with Crippen LogP contribution in [0.2, 0.25) is 5.02 Å². The molecular weight excluding hydrogens is 320 g/mol. The topological polar surface area (TPSA) is 43.6 Å². The molecule has 0 N–H and O–H groups in total. The third-order valence-corrected chi connectivity index (χ3v) is 4.70. The first-order valence-electron chi connectivity index (χ1n) is 6.61. The van der Waals surface area contributed by atoms with E-state index in [4.69, 9.17) is 16.3 Å². The number of hydrogen-bond donors (Lipinski definition) is 0. The van der Waals surface area contributed by atoms with Crippen molar-refractivity contribution in [3.63, 3.8) is 0 Å². The first-order valence-corrected chi connectivity index (χ1v) is 7.97. The molecule has 1 aromatic carbocycles. The quantitative estimate of drug-likeness (QED) is 0.533. The van der Waals surface area contributed by atoms with Crippen molar-refractivity contribution < 1.29 is 9.53 Å². The Morgan fingerprint density at radius 1 is 1.32 bits per heavy atom. The van der Waals surface area contributed by atoms with Gasteiger partial charge in [0, 0.05) is 23.0 Å². The fourth-order valence-electron chi connectivity index (χ4n) is 2.12. The standard InChI is InChI=1S/C16H13ClN2O2S/c1-21-16(20)12-5-4-8-19-9-11(18-15(12)19)10-22-14-7-3-2-6-13(14)17/h2-9H,10H2,1H3. The molecule has 0 bridgehead atoms. The number of nitrogens with zero attached hydrogens (tertiary/aromatic N) is 2. The van der Waals surface area contributed by atoms with Gasteiger partial charge in [0.05, 0.1) is 17.8 Å². The van der Waals surface area contributed by atoms with Gasteiger partial charge in [0.15, 0.2) is 5.65 Å². The fourth-order valence-corrected chi connectivity index (χ4v) is 3.24. The number of carbonyl (C=O) groups is 1. The molecule has 0 amide bonds. The molecule has 6 heteroatoms. The Kier molecular flexibility index (Phi) is 4.36. The van der Waals surface area contributed by atoms with E-state index in [2.05, 4.69) is 4.98 Å². The van der Waals surface area contributed by atoms with Crippen molar-refractivity contribution >= 4 is 35.0 Å². The summed E-state index contributed by atoms with van der Waals surface area (Å²) in [6, 6.07) is 11.2. The molecular formula is C16H13ClN2O2S. The summed E-state index contributed by atoms with van der Waals surface area (Å²) in [7, 11) is 1.36. The molecule has 112 valence electrons. The number of rotatable bonds is 4. The minimum absolute atomic E-state index is 0.387. The molecule has 0 saturated heterocycles. The maximum absolute atomic E-state index is 11.8. The number of aromatic nitrogens is 2. The number of halogens is 1. The van der Waals surface area contributed by atoms with Crippen LogP contribution in [0.5, 0.6) is 0 Å². The van der Waals surface area contributed by atoms with Gasteiger partial charge in [-0.1, -0.05) is 23.7 Å². The number of fused-ring (bicyclic) bond motifs is 1. The van der Waals surface area contributed by atoms with Crippen LogP contribution in [0.25, 0.3) is 5.65 Å². The molecule has 0 fully saturated rings.